The van der Waals surface area contributed by atoms with Crippen molar-refractivity contribution in [3.63, 3.8) is 0 Å². The van der Waals surface area contributed by atoms with E-state index in [1.54, 1.807) is 0 Å². The Hall–Kier alpha value is -1.06. The Kier molecular flexibility index (Phi) is 6.34. The second-order valence-corrected chi connectivity index (χ2v) is 5.59. The van der Waals surface area contributed by atoms with Gasteiger partial charge < -0.3 is 15.2 Å². The topological polar surface area (TPSA) is 44.5 Å². The molecule has 3 nitrogen and oxygen atoms in total. The molecule has 1 aliphatic heterocycles. The zero-order chi connectivity index (χ0) is 14.2. The van der Waals surface area contributed by atoms with Gasteiger partial charge in [-0.05, 0) is 56.2 Å². The first-order valence-corrected chi connectivity index (χ1v) is 7.89. The third-order valence-electron chi connectivity index (χ3n) is 3.82. The molecule has 0 saturated carbocycles. The van der Waals surface area contributed by atoms with E-state index in [1.165, 1.54) is 18.4 Å². The van der Waals surface area contributed by atoms with Gasteiger partial charge in [0.15, 0.2) is 0 Å². The first-order chi connectivity index (χ1) is 9.79. The van der Waals surface area contributed by atoms with E-state index in [2.05, 4.69) is 19.1 Å². The van der Waals surface area contributed by atoms with Crippen LogP contribution >= 0.6 is 0 Å². The van der Waals surface area contributed by atoms with Crippen molar-refractivity contribution in [2.45, 2.75) is 57.6 Å². The average Bonchev–Trinajstić information content (AvgIpc) is 2.98. The molecule has 1 saturated heterocycles. The Balaban J connectivity index is 1.77. The maximum Gasteiger partial charge on any atom is 0.119 e. The lowest BCUT2D eigenvalue weighted by Crippen LogP contribution is -2.12. The maximum atomic E-state index is 6.28. The minimum atomic E-state index is 0.0987. The molecule has 1 aromatic carbocycles. The highest BCUT2D eigenvalue weighted by molar-refractivity contribution is 5.30. The first kappa shape index (κ1) is 15.3. The second kappa shape index (κ2) is 8.28. The molecule has 1 aromatic rings. The molecule has 0 radical (unpaired) electrons. The molecule has 0 aliphatic carbocycles. The Labute approximate surface area is 122 Å². The second-order valence-electron chi connectivity index (χ2n) is 5.59. The molecular weight excluding hydrogens is 250 g/mol. The molecule has 112 valence electrons. The van der Waals surface area contributed by atoms with Crippen molar-refractivity contribution in [2.75, 3.05) is 13.2 Å². The van der Waals surface area contributed by atoms with E-state index in [4.69, 9.17) is 15.2 Å². The molecule has 2 rings (SSSR count). The molecule has 2 unspecified atom stereocenters. The Morgan fingerprint density at radius 3 is 3.10 bits per heavy atom. The van der Waals surface area contributed by atoms with Gasteiger partial charge >= 0.3 is 0 Å². The highest BCUT2D eigenvalue weighted by atomic mass is 16.5. The molecule has 20 heavy (non-hydrogen) atoms. The largest absolute Gasteiger partial charge is 0.494 e. The molecule has 1 fully saturated rings. The van der Waals surface area contributed by atoms with Gasteiger partial charge in [0.25, 0.3) is 0 Å². The quantitative estimate of drug-likeness (QED) is 0.785. The first-order valence-electron chi connectivity index (χ1n) is 7.89. The summed E-state index contributed by atoms with van der Waals surface area (Å²) < 4.78 is 11.3. The zero-order valence-corrected chi connectivity index (χ0v) is 12.5. The molecule has 0 spiro atoms. The van der Waals surface area contributed by atoms with Crippen LogP contribution in [0.1, 0.15) is 57.1 Å². The van der Waals surface area contributed by atoms with Gasteiger partial charge in [-0.2, -0.15) is 0 Å². The van der Waals surface area contributed by atoms with E-state index in [9.17, 15) is 0 Å². The van der Waals surface area contributed by atoms with Crippen LogP contribution in [0.25, 0.3) is 0 Å². The van der Waals surface area contributed by atoms with Gasteiger partial charge in [0.2, 0.25) is 0 Å². The molecule has 0 bridgehead atoms. The number of nitrogens with two attached hydrogens (primary N) is 1. The van der Waals surface area contributed by atoms with E-state index in [1.807, 2.05) is 12.1 Å². The summed E-state index contributed by atoms with van der Waals surface area (Å²) in [6.45, 7) is 3.81. The third-order valence-corrected chi connectivity index (χ3v) is 3.82. The summed E-state index contributed by atoms with van der Waals surface area (Å²) in [5.74, 6) is 0.930. The Bertz CT molecular complexity index is 388. The van der Waals surface area contributed by atoms with Crippen molar-refractivity contribution >= 4 is 0 Å². The molecule has 2 atom stereocenters. The fourth-order valence-electron chi connectivity index (χ4n) is 2.66. The van der Waals surface area contributed by atoms with Crippen LogP contribution < -0.4 is 10.5 Å². The number of ether oxygens (including phenoxy) is 2. The van der Waals surface area contributed by atoms with E-state index in [0.29, 0.717) is 6.10 Å². The van der Waals surface area contributed by atoms with Crippen LogP contribution in [0.4, 0.5) is 0 Å². The van der Waals surface area contributed by atoms with Crippen LogP contribution in [-0.4, -0.2) is 19.3 Å². The summed E-state index contributed by atoms with van der Waals surface area (Å²) >= 11 is 0. The van der Waals surface area contributed by atoms with E-state index in [-0.39, 0.29) is 6.04 Å². The summed E-state index contributed by atoms with van der Waals surface area (Å²) in [4.78, 5) is 0. The lowest BCUT2D eigenvalue weighted by atomic mass is 10.00. The van der Waals surface area contributed by atoms with E-state index < -0.39 is 0 Å². The molecule has 3 heteroatoms. The fraction of sp³-hybridized carbons (Fsp3) is 0.647. The predicted octanol–water partition coefficient (Wildman–Crippen LogP) is 3.82. The van der Waals surface area contributed by atoms with Crippen molar-refractivity contribution in [3.8, 4) is 5.75 Å². The number of rotatable bonds is 8. The van der Waals surface area contributed by atoms with Crippen LogP contribution in [0.5, 0.6) is 5.75 Å². The molecule has 0 amide bonds. The SMILES string of the molecule is CCCOc1cccc(C(N)CCCC2CCCO2)c1. The summed E-state index contributed by atoms with van der Waals surface area (Å²) in [5, 5.41) is 0. The van der Waals surface area contributed by atoms with Crippen molar-refractivity contribution in [2.24, 2.45) is 5.73 Å². The number of hydrogen-bond acceptors (Lipinski definition) is 3. The van der Waals surface area contributed by atoms with Crippen LogP contribution in [0.3, 0.4) is 0 Å². The molecule has 1 aliphatic rings. The van der Waals surface area contributed by atoms with Gasteiger partial charge in [-0.3, -0.25) is 0 Å². The van der Waals surface area contributed by atoms with Crippen molar-refractivity contribution in [1.82, 2.24) is 0 Å². The molecule has 1 heterocycles. The van der Waals surface area contributed by atoms with Gasteiger partial charge in [0.05, 0.1) is 12.7 Å². The van der Waals surface area contributed by atoms with Gasteiger partial charge in [0.1, 0.15) is 5.75 Å². The lowest BCUT2D eigenvalue weighted by molar-refractivity contribution is 0.101. The standard InChI is InChI=1S/C17H27NO2/c1-2-11-19-16-8-3-6-14(13-16)17(18)10-4-7-15-9-5-12-20-15/h3,6,8,13,15,17H,2,4-5,7,9-12,18H2,1H3. The van der Waals surface area contributed by atoms with Gasteiger partial charge in [-0.1, -0.05) is 19.1 Å². The van der Waals surface area contributed by atoms with E-state index >= 15 is 0 Å². The van der Waals surface area contributed by atoms with Crippen molar-refractivity contribution < 1.29 is 9.47 Å². The summed E-state index contributed by atoms with van der Waals surface area (Å²) in [6.07, 6.45) is 7.21. The Morgan fingerprint density at radius 2 is 2.35 bits per heavy atom. The average molecular weight is 277 g/mol. The third kappa shape index (κ3) is 4.80. The summed E-state index contributed by atoms with van der Waals surface area (Å²) in [6, 6.07) is 8.29. The Morgan fingerprint density at radius 1 is 1.45 bits per heavy atom. The van der Waals surface area contributed by atoms with Crippen LogP contribution in [0, 0.1) is 0 Å². The molecular formula is C17H27NO2. The highest BCUT2D eigenvalue weighted by Crippen LogP contribution is 2.24. The monoisotopic (exact) mass is 277 g/mol. The summed E-state index contributed by atoms with van der Waals surface area (Å²) in [7, 11) is 0. The van der Waals surface area contributed by atoms with Crippen LogP contribution in [0.15, 0.2) is 24.3 Å². The van der Waals surface area contributed by atoms with E-state index in [0.717, 1.165) is 44.6 Å². The molecule has 0 aromatic heterocycles. The smallest absolute Gasteiger partial charge is 0.119 e. The van der Waals surface area contributed by atoms with Crippen molar-refractivity contribution in [1.29, 1.82) is 0 Å². The fourth-order valence-corrected chi connectivity index (χ4v) is 2.66. The highest BCUT2D eigenvalue weighted by Gasteiger charge is 2.15. The lowest BCUT2D eigenvalue weighted by Gasteiger charge is -2.15. The van der Waals surface area contributed by atoms with Crippen molar-refractivity contribution in [3.05, 3.63) is 29.8 Å². The van der Waals surface area contributed by atoms with Gasteiger partial charge in [-0.25, -0.2) is 0 Å². The normalized spacial score (nSPS) is 20.0. The maximum absolute atomic E-state index is 6.28. The summed E-state index contributed by atoms with van der Waals surface area (Å²) in [5.41, 5.74) is 7.45. The van der Waals surface area contributed by atoms with Crippen LogP contribution in [0.2, 0.25) is 0 Å². The number of hydrogen-bond donors (Lipinski definition) is 1. The van der Waals surface area contributed by atoms with Gasteiger partial charge in [-0.15, -0.1) is 0 Å². The minimum Gasteiger partial charge on any atom is -0.494 e. The minimum absolute atomic E-state index is 0.0987. The van der Waals surface area contributed by atoms with Gasteiger partial charge in [0, 0.05) is 12.6 Å². The molecule has 2 N–H and O–H groups in total. The predicted molar refractivity (Wildman–Crippen MR) is 82.0 cm³/mol. The number of benzene rings is 1. The zero-order valence-electron chi connectivity index (χ0n) is 12.5. The van der Waals surface area contributed by atoms with Crippen LogP contribution in [-0.2, 0) is 4.74 Å².